The number of amides is 2. The van der Waals surface area contributed by atoms with Crippen molar-refractivity contribution in [2.24, 2.45) is 17.8 Å². The molecule has 2 rings (SSSR count). The van der Waals surface area contributed by atoms with E-state index in [9.17, 15) is 9.59 Å². The Hall–Kier alpha value is -1.26. The molecular weight excluding hydrogens is 244 g/mol. The largest absolute Gasteiger partial charge is 0.481 e. The number of aliphatic carboxylic acids is 1. The highest BCUT2D eigenvalue weighted by Gasteiger charge is 2.38. The van der Waals surface area contributed by atoms with Gasteiger partial charge in [0.15, 0.2) is 0 Å². The van der Waals surface area contributed by atoms with E-state index in [2.05, 4.69) is 6.92 Å². The Morgan fingerprint density at radius 1 is 1.21 bits per heavy atom. The number of urea groups is 1. The standard InChI is InChI=1S/C14H24N2O3/c1-3-11-5-4-6-15(8-11)14(19)16-7-10(2)12(9-16)13(17)18/h10-12H,3-9H2,1-2H3,(H,17,18)/t10-,11?,12-/m1/s1. The average molecular weight is 268 g/mol. The van der Waals surface area contributed by atoms with Gasteiger partial charge in [0.2, 0.25) is 0 Å². The summed E-state index contributed by atoms with van der Waals surface area (Å²) in [5, 5.41) is 9.12. The molecule has 0 radical (unpaired) electrons. The van der Waals surface area contributed by atoms with Gasteiger partial charge in [-0.05, 0) is 24.7 Å². The zero-order valence-electron chi connectivity index (χ0n) is 11.8. The molecule has 0 spiro atoms. The van der Waals surface area contributed by atoms with E-state index >= 15 is 0 Å². The second-order valence-corrected chi connectivity index (χ2v) is 5.97. The maximum atomic E-state index is 12.4. The molecule has 108 valence electrons. The van der Waals surface area contributed by atoms with Gasteiger partial charge < -0.3 is 14.9 Å². The lowest BCUT2D eigenvalue weighted by Gasteiger charge is -2.35. The molecule has 5 heteroatoms. The van der Waals surface area contributed by atoms with Gasteiger partial charge in [-0.3, -0.25) is 4.79 Å². The number of carboxylic acids is 1. The van der Waals surface area contributed by atoms with Gasteiger partial charge in [-0.25, -0.2) is 4.79 Å². The second kappa shape index (κ2) is 5.80. The third kappa shape index (κ3) is 3.01. The maximum absolute atomic E-state index is 12.4. The number of hydrogen-bond donors (Lipinski definition) is 1. The van der Waals surface area contributed by atoms with Crippen molar-refractivity contribution < 1.29 is 14.7 Å². The van der Waals surface area contributed by atoms with Gasteiger partial charge in [-0.15, -0.1) is 0 Å². The van der Waals surface area contributed by atoms with E-state index in [0.29, 0.717) is 19.0 Å². The number of nitrogens with zero attached hydrogens (tertiary/aromatic N) is 2. The topological polar surface area (TPSA) is 60.9 Å². The molecule has 2 aliphatic heterocycles. The highest BCUT2D eigenvalue weighted by molar-refractivity contribution is 5.77. The number of rotatable bonds is 2. The quantitative estimate of drug-likeness (QED) is 0.832. The molecule has 1 unspecified atom stereocenters. The Morgan fingerprint density at radius 3 is 2.53 bits per heavy atom. The van der Waals surface area contributed by atoms with Crippen LogP contribution in [0.25, 0.3) is 0 Å². The first-order valence-electron chi connectivity index (χ1n) is 7.29. The zero-order valence-corrected chi connectivity index (χ0v) is 11.8. The van der Waals surface area contributed by atoms with Crippen LogP contribution in [-0.4, -0.2) is 53.1 Å². The van der Waals surface area contributed by atoms with Crippen LogP contribution in [0.1, 0.15) is 33.1 Å². The maximum Gasteiger partial charge on any atom is 0.320 e. The van der Waals surface area contributed by atoms with E-state index in [1.54, 1.807) is 4.90 Å². The molecule has 0 aromatic carbocycles. The molecule has 2 heterocycles. The van der Waals surface area contributed by atoms with Crippen LogP contribution >= 0.6 is 0 Å². The van der Waals surface area contributed by atoms with Gasteiger partial charge in [0.1, 0.15) is 0 Å². The van der Waals surface area contributed by atoms with E-state index in [0.717, 1.165) is 25.9 Å². The Balaban J connectivity index is 1.95. The lowest BCUT2D eigenvalue weighted by Crippen LogP contribution is -2.47. The van der Waals surface area contributed by atoms with Crippen LogP contribution in [0.2, 0.25) is 0 Å². The molecule has 0 aromatic rings. The van der Waals surface area contributed by atoms with Crippen molar-refractivity contribution in [3.05, 3.63) is 0 Å². The van der Waals surface area contributed by atoms with Crippen molar-refractivity contribution in [3.63, 3.8) is 0 Å². The van der Waals surface area contributed by atoms with Crippen molar-refractivity contribution in [1.29, 1.82) is 0 Å². The molecule has 1 N–H and O–H groups in total. The fourth-order valence-electron chi connectivity index (χ4n) is 3.22. The molecule has 0 aliphatic carbocycles. The van der Waals surface area contributed by atoms with Crippen molar-refractivity contribution in [2.75, 3.05) is 26.2 Å². The molecule has 0 saturated carbocycles. The minimum atomic E-state index is -0.784. The number of carbonyl (C=O) groups is 2. The van der Waals surface area contributed by atoms with Crippen molar-refractivity contribution >= 4 is 12.0 Å². The van der Waals surface area contributed by atoms with Gasteiger partial charge >= 0.3 is 12.0 Å². The SMILES string of the molecule is CCC1CCCN(C(=O)N2C[C@@H](C)[C@H](C(=O)O)C2)C1. The molecular formula is C14H24N2O3. The van der Waals surface area contributed by atoms with Gasteiger partial charge in [-0.2, -0.15) is 0 Å². The van der Waals surface area contributed by atoms with Gasteiger partial charge in [0.05, 0.1) is 5.92 Å². The second-order valence-electron chi connectivity index (χ2n) is 5.97. The number of hydrogen-bond acceptors (Lipinski definition) is 2. The minimum Gasteiger partial charge on any atom is -0.481 e. The monoisotopic (exact) mass is 268 g/mol. The summed E-state index contributed by atoms with van der Waals surface area (Å²) in [6, 6.07) is 0.0359. The van der Waals surface area contributed by atoms with Crippen molar-refractivity contribution in [2.45, 2.75) is 33.1 Å². The van der Waals surface area contributed by atoms with Crippen molar-refractivity contribution in [1.82, 2.24) is 9.80 Å². The fraction of sp³-hybridized carbons (Fsp3) is 0.857. The molecule has 2 saturated heterocycles. The van der Waals surface area contributed by atoms with Gasteiger partial charge in [0, 0.05) is 26.2 Å². The first-order valence-corrected chi connectivity index (χ1v) is 7.29. The molecule has 2 aliphatic rings. The number of carboxylic acid groups (broad SMARTS) is 1. The van der Waals surface area contributed by atoms with Crippen LogP contribution in [0.15, 0.2) is 0 Å². The summed E-state index contributed by atoms with van der Waals surface area (Å²) in [7, 11) is 0. The van der Waals surface area contributed by atoms with Crippen LogP contribution in [-0.2, 0) is 4.79 Å². The number of likely N-dealkylation sites (tertiary alicyclic amines) is 2. The summed E-state index contributed by atoms with van der Waals surface area (Å²) in [5.74, 6) is -0.537. The Labute approximate surface area is 114 Å². The lowest BCUT2D eigenvalue weighted by molar-refractivity contribution is -0.142. The minimum absolute atomic E-state index is 0.0359. The van der Waals surface area contributed by atoms with Crippen LogP contribution < -0.4 is 0 Å². The summed E-state index contributed by atoms with van der Waals surface area (Å²) < 4.78 is 0. The van der Waals surface area contributed by atoms with Gasteiger partial charge in [0.25, 0.3) is 0 Å². The average Bonchev–Trinajstić information content (AvgIpc) is 2.80. The first-order chi connectivity index (χ1) is 9.02. The summed E-state index contributed by atoms with van der Waals surface area (Å²) in [6.45, 7) is 6.66. The highest BCUT2D eigenvalue weighted by Crippen LogP contribution is 2.26. The lowest BCUT2D eigenvalue weighted by atomic mass is 9.96. The van der Waals surface area contributed by atoms with Crippen LogP contribution in [0.4, 0.5) is 4.79 Å². The third-order valence-corrected chi connectivity index (χ3v) is 4.57. The summed E-state index contributed by atoms with van der Waals surface area (Å²) in [6.07, 6.45) is 3.38. The van der Waals surface area contributed by atoms with E-state index in [-0.39, 0.29) is 11.9 Å². The summed E-state index contributed by atoms with van der Waals surface area (Å²) in [4.78, 5) is 27.2. The third-order valence-electron chi connectivity index (χ3n) is 4.57. The van der Waals surface area contributed by atoms with E-state index < -0.39 is 11.9 Å². The van der Waals surface area contributed by atoms with Crippen LogP contribution in [0.3, 0.4) is 0 Å². The molecule has 5 nitrogen and oxygen atoms in total. The number of carbonyl (C=O) groups excluding carboxylic acids is 1. The first kappa shape index (κ1) is 14.2. The molecule has 2 fully saturated rings. The van der Waals surface area contributed by atoms with Crippen LogP contribution in [0, 0.1) is 17.8 Å². The summed E-state index contributed by atoms with van der Waals surface area (Å²) >= 11 is 0. The normalized spacial score (nSPS) is 31.6. The van der Waals surface area contributed by atoms with E-state index in [1.807, 2.05) is 11.8 Å². The van der Waals surface area contributed by atoms with Gasteiger partial charge in [-0.1, -0.05) is 20.3 Å². The molecule has 3 atom stereocenters. The van der Waals surface area contributed by atoms with E-state index in [4.69, 9.17) is 5.11 Å². The zero-order chi connectivity index (χ0) is 14.0. The molecule has 0 bridgehead atoms. The molecule has 19 heavy (non-hydrogen) atoms. The predicted molar refractivity (Wildman–Crippen MR) is 71.8 cm³/mol. The van der Waals surface area contributed by atoms with E-state index in [1.165, 1.54) is 6.42 Å². The molecule has 0 aromatic heterocycles. The molecule has 2 amide bonds. The van der Waals surface area contributed by atoms with Crippen LogP contribution in [0.5, 0.6) is 0 Å². The fourth-order valence-corrected chi connectivity index (χ4v) is 3.22. The Kier molecular flexibility index (Phi) is 4.32. The Morgan fingerprint density at radius 2 is 1.95 bits per heavy atom. The predicted octanol–water partition coefficient (Wildman–Crippen LogP) is 1.88. The Bertz CT molecular complexity index is 359. The summed E-state index contributed by atoms with van der Waals surface area (Å²) in [5.41, 5.74) is 0. The highest BCUT2D eigenvalue weighted by atomic mass is 16.4. The van der Waals surface area contributed by atoms with Crippen molar-refractivity contribution in [3.8, 4) is 0 Å². The number of piperidine rings is 1. The smallest absolute Gasteiger partial charge is 0.320 e.